The van der Waals surface area contributed by atoms with E-state index in [1.165, 1.54) is 0 Å². The van der Waals surface area contributed by atoms with Crippen molar-refractivity contribution in [2.24, 2.45) is 17.3 Å². The minimum atomic E-state index is -1.53. The molecule has 2 unspecified atom stereocenters. The Morgan fingerprint density at radius 1 is 1.08 bits per heavy atom. The van der Waals surface area contributed by atoms with Crippen LogP contribution < -0.4 is 0 Å². The zero-order valence-electron chi connectivity index (χ0n) is 14.3. The van der Waals surface area contributed by atoms with Crippen LogP contribution in [-0.4, -0.2) is 5.97 Å². The molecular weight excluding hydrogens is 324 g/mol. The molecule has 0 spiro atoms. The van der Waals surface area contributed by atoms with Gasteiger partial charge in [0.15, 0.2) is 23.3 Å². The predicted molar refractivity (Wildman–Crippen MR) is 81.0 cm³/mol. The molecule has 1 saturated carbocycles. The summed E-state index contributed by atoms with van der Waals surface area (Å²) in [5.41, 5.74) is -0.939. The maximum absolute atomic E-state index is 13.8. The second kappa shape index (κ2) is 6.22. The number of ether oxygens (including phenoxy) is 1. The zero-order valence-corrected chi connectivity index (χ0v) is 14.3. The SMILES string of the molecule is CC(C)=CC1C(C(=O)OCc2c(F)c(F)c(C)c(F)c2F)C1(C)C. The van der Waals surface area contributed by atoms with Crippen LogP contribution >= 0.6 is 0 Å². The summed E-state index contributed by atoms with van der Waals surface area (Å²) in [6.07, 6.45) is 1.94. The number of halogens is 4. The van der Waals surface area contributed by atoms with Crippen LogP contribution in [0.3, 0.4) is 0 Å². The molecule has 1 aromatic carbocycles. The molecule has 1 aromatic rings. The number of rotatable bonds is 4. The Hall–Kier alpha value is -1.85. The summed E-state index contributed by atoms with van der Waals surface area (Å²) in [4.78, 5) is 12.2. The van der Waals surface area contributed by atoms with Crippen molar-refractivity contribution in [3.05, 3.63) is 46.0 Å². The number of hydrogen-bond acceptors (Lipinski definition) is 2. The molecule has 0 heterocycles. The fourth-order valence-electron chi connectivity index (χ4n) is 2.94. The van der Waals surface area contributed by atoms with Crippen LogP contribution in [0.25, 0.3) is 0 Å². The molecule has 2 rings (SSSR count). The number of allylic oxidation sites excluding steroid dienone is 2. The fourth-order valence-corrected chi connectivity index (χ4v) is 2.94. The standard InChI is InChI=1S/C18H20F4O2/c1-8(2)6-11-12(18(11,4)5)17(23)24-7-10-15(21)13(19)9(3)14(20)16(10)22/h6,11-12H,7H2,1-5H3. The molecule has 6 heteroatoms. The maximum atomic E-state index is 13.8. The maximum Gasteiger partial charge on any atom is 0.310 e. The van der Waals surface area contributed by atoms with Crippen molar-refractivity contribution >= 4 is 5.97 Å². The third-order valence-corrected chi connectivity index (χ3v) is 4.61. The van der Waals surface area contributed by atoms with Crippen molar-refractivity contribution in [1.82, 2.24) is 0 Å². The van der Waals surface area contributed by atoms with Gasteiger partial charge in [0.25, 0.3) is 0 Å². The molecule has 24 heavy (non-hydrogen) atoms. The zero-order chi connectivity index (χ0) is 18.4. The summed E-state index contributed by atoms with van der Waals surface area (Å²) in [5, 5.41) is 0. The Bertz CT molecular complexity index is 689. The summed E-state index contributed by atoms with van der Waals surface area (Å²) in [6.45, 7) is 7.66. The fraction of sp³-hybridized carbons (Fsp3) is 0.500. The monoisotopic (exact) mass is 344 g/mol. The van der Waals surface area contributed by atoms with Crippen LogP contribution in [0.4, 0.5) is 17.6 Å². The molecule has 2 atom stereocenters. The molecule has 2 nitrogen and oxygen atoms in total. The molecule has 1 aliphatic rings. The largest absolute Gasteiger partial charge is 0.460 e. The number of benzene rings is 1. The first kappa shape index (κ1) is 18.5. The van der Waals surface area contributed by atoms with Gasteiger partial charge in [-0.3, -0.25) is 4.79 Å². The highest BCUT2D eigenvalue weighted by Gasteiger charge is 2.61. The van der Waals surface area contributed by atoms with E-state index in [4.69, 9.17) is 4.74 Å². The molecule has 0 aliphatic heterocycles. The van der Waals surface area contributed by atoms with Crippen molar-refractivity contribution in [3.8, 4) is 0 Å². The van der Waals surface area contributed by atoms with E-state index >= 15 is 0 Å². The van der Waals surface area contributed by atoms with Crippen LogP contribution in [0.5, 0.6) is 0 Å². The van der Waals surface area contributed by atoms with E-state index < -0.39 is 52.9 Å². The highest BCUT2D eigenvalue weighted by molar-refractivity contribution is 5.78. The first-order valence-electron chi connectivity index (χ1n) is 7.63. The summed E-state index contributed by atoms with van der Waals surface area (Å²) in [7, 11) is 0. The van der Waals surface area contributed by atoms with Crippen molar-refractivity contribution in [2.45, 2.75) is 41.2 Å². The molecule has 1 aliphatic carbocycles. The van der Waals surface area contributed by atoms with Crippen LogP contribution in [-0.2, 0) is 16.1 Å². The first-order chi connectivity index (χ1) is 11.0. The van der Waals surface area contributed by atoms with E-state index in [1.54, 1.807) is 0 Å². The smallest absolute Gasteiger partial charge is 0.310 e. The van der Waals surface area contributed by atoms with Crippen molar-refractivity contribution in [3.63, 3.8) is 0 Å². The summed E-state index contributed by atoms with van der Waals surface area (Å²) >= 11 is 0. The molecular formula is C18H20F4O2. The Kier molecular flexibility index (Phi) is 4.79. The molecule has 0 bridgehead atoms. The molecule has 0 radical (unpaired) electrons. The lowest BCUT2D eigenvalue weighted by molar-refractivity contribution is -0.147. The van der Waals surface area contributed by atoms with E-state index in [1.807, 2.05) is 33.8 Å². The summed E-state index contributed by atoms with van der Waals surface area (Å²) < 4.78 is 59.6. The summed E-state index contributed by atoms with van der Waals surface area (Å²) in [5.74, 6) is -7.13. The third-order valence-electron chi connectivity index (χ3n) is 4.61. The highest BCUT2D eigenvalue weighted by Crippen LogP contribution is 2.59. The quantitative estimate of drug-likeness (QED) is 0.338. The van der Waals surface area contributed by atoms with Crippen LogP contribution in [0.2, 0.25) is 0 Å². The lowest BCUT2D eigenvalue weighted by atomic mass is 10.1. The van der Waals surface area contributed by atoms with Gasteiger partial charge in [-0.25, -0.2) is 17.6 Å². The molecule has 0 N–H and O–H groups in total. The molecule has 0 aromatic heterocycles. The van der Waals surface area contributed by atoms with Gasteiger partial charge in [0.1, 0.15) is 6.61 Å². The van der Waals surface area contributed by atoms with E-state index in [-0.39, 0.29) is 11.3 Å². The molecule has 0 amide bonds. The Balaban J connectivity index is 2.16. The van der Waals surface area contributed by atoms with E-state index in [9.17, 15) is 22.4 Å². The number of hydrogen-bond donors (Lipinski definition) is 0. The summed E-state index contributed by atoms with van der Waals surface area (Å²) in [6, 6.07) is 0. The predicted octanol–water partition coefficient (Wildman–Crippen LogP) is 4.83. The lowest BCUT2D eigenvalue weighted by Gasteiger charge is -2.10. The van der Waals surface area contributed by atoms with Gasteiger partial charge in [-0.1, -0.05) is 25.5 Å². The van der Waals surface area contributed by atoms with E-state index in [0.29, 0.717) is 0 Å². The minimum absolute atomic E-state index is 0.0313. The van der Waals surface area contributed by atoms with E-state index in [2.05, 4.69) is 0 Å². The van der Waals surface area contributed by atoms with Crippen LogP contribution in [0, 0.1) is 47.4 Å². The molecule has 0 saturated heterocycles. The first-order valence-corrected chi connectivity index (χ1v) is 7.63. The highest BCUT2D eigenvalue weighted by atomic mass is 19.2. The van der Waals surface area contributed by atoms with Gasteiger partial charge in [-0.15, -0.1) is 0 Å². The second-order valence-electron chi connectivity index (χ2n) is 7.04. The Morgan fingerprint density at radius 2 is 1.58 bits per heavy atom. The minimum Gasteiger partial charge on any atom is -0.460 e. The van der Waals surface area contributed by atoms with Gasteiger partial charge in [0.2, 0.25) is 0 Å². The van der Waals surface area contributed by atoms with E-state index in [0.717, 1.165) is 12.5 Å². The number of carbonyl (C=O) groups is 1. The normalized spacial score (nSPS) is 21.4. The van der Waals surface area contributed by atoms with Gasteiger partial charge in [0, 0.05) is 5.56 Å². The van der Waals surface area contributed by atoms with Gasteiger partial charge in [-0.05, 0) is 32.1 Å². The average Bonchev–Trinajstić information content (AvgIpc) is 3.02. The topological polar surface area (TPSA) is 26.3 Å². The van der Waals surface area contributed by atoms with Crippen molar-refractivity contribution in [1.29, 1.82) is 0 Å². The Morgan fingerprint density at radius 3 is 2.04 bits per heavy atom. The average molecular weight is 344 g/mol. The van der Waals surface area contributed by atoms with Gasteiger partial charge >= 0.3 is 5.97 Å². The Labute approximate surface area is 138 Å². The van der Waals surface area contributed by atoms with Gasteiger partial charge in [-0.2, -0.15) is 0 Å². The number of esters is 1. The van der Waals surface area contributed by atoms with Crippen molar-refractivity contribution < 1.29 is 27.1 Å². The van der Waals surface area contributed by atoms with Gasteiger partial charge < -0.3 is 4.74 Å². The van der Waals surface area contributed by atoms with Crippen LogP contribution in [0.15, 0.2) is 11.6 Å². The van der Waals surface area contributed by atoms with Crippen molar-refractivity contribution in [2.75, 3.05) is 0 Å². The third kappa shape index (κ3) is 3.06. The van der Waals surface area contributed by atoms with Gasteiger partial charge in [0.05, 0.1) is 11.5 Å². The van der Waals surface area contributed by atoms with Crippen LogP contribution in [0.1, 0.15) is 38.8 Å². The molecule has 1 fully saturated rings. The lowest BCUT2D eigenvalue weighted by Crippen LogP contribution is -2.14. The second-order valence-corrected chi connectivity index (χ2v) is 7.04. The molecule has 132 valence electrons. The number of carbonyl (C=O) groups excluding carboxylic acids is 1.